The third kappa shape index (κ3) is 3.14. The molecule has 0 N–H and O–H groups in total. The van der Waals surface area contributed by atoms with Crippen molar-refractivity contribution in [2.75, 3.05) is 49.2 Å². The molecule has 0 amide bonds. The van der Waals surface area contributed by atoms with E-state index in [9.17, 15) is 0 Å². The van der Waals surface area contributed by atoms with Crippen LogP contribution in [0.15, 0.2) is 18.5 Å². The molecule has 24 heavy (non-hydrogen) atoms. The van der Waals surface area contributed by atoms with Crippen molar-refractivity contribution in [1.82, 2.24) is 19.9 Å². The van der Waals surface area contributed by atoms with E-state index in [0.717, 1.165) is 69.7 Å². The van der Waals surface area contributed by atoms with E-state index in [-0.39, 0.29) is 0 Å². The summed E-state index contributed by atoms with van der Waals surface area (Å²) in [7, 11) is 0. The third-order valence-electron chi connectivity index (χ3n) is 4.44. The Hall–Kier alpha value is -1.99. The zero-order valence-electron chi connectivity index (χ0n) is 13.4. The number of halogens is 1. The van der Waals surface area contributed by atoms with Gasteiger partial charge in [-0.25, -0.2) is 19.9 Å². The van der Waals surface area contributed by atoms with Crippen LogP contribution in [-0.2, 0) is 17.6 Å². The SMILES string of the molecule is Clc1nc2c(c(N3CCOCC3)n1)CCN(c1ncccn1)CC2. The maximum atomic E-state index is 6.19. The van der Waals surface area contributed by atoms with Gasteiger partial charge in [0.05, 0.1) is 18.9 Å². The van der Waals surface area contributed by atoms with Crippen molar-refractivity contribution < 1.29 is 4.74 Å². The van der Waals surface area contributed by atoms with Gasteiger partial charge in [0.25, 0.3) is 0 Å². The molecule has 0 aliphatic carbocycles. The fourth-order valence-electron chi connectivity index (χ4n) is 3.24. The molecule has 0 bridgehead atoms. The van der Waals surface area contributed by atoms with E-state index in [1.54, 1.807) is 12.4 Å². The summed E-state index contributed by atoms with van der Waals surface area (Å²) in [6, 6.07) is 1.83. The Bertz CT molecular complexity index is 707. The van der Waals surface area contributed by atoms with Crippen LogP contribution in [0.2, 0.25) is 5.28 Å². The summed E-state index contributed by atoms with van der Waals surface area (Å²) in [4.78, 5) is 22.2. The number of morpholine rings is 1. The largest absolute Gasteiger partial charge is 0.378 e. The Morgan fingerprint density at radius 1 is 0.917 bits per heavy atom. The molecule has 0 aromatic carbocycles. The molecule has 7 nitrogen and oxygen atoms in total. The van der Waals surface area contributed by atoms with Gasteiger partial charge in [0, 0.05) is 50.6 Å². The van der Waals surface area contributed by atoms with Gasteiger partial charge < -0.3 is 14.5 Å². The molecular weight excluding hydrogens is 328 g/mol. The molecule has 8 heteroatoms. The monoisotopic (exact) mass is 346 g/mol. The van der Waals surface area contributed by atoms with E-state index in [1.165, 1.54) is 5.56 Å². The fraction of sp³-hybridized carbons (Fsp3) is 0.500. The molecule has 2 aromatic rings. The Labute approximate surface area is 145 Å². The lowest BCUT2D eigenvalue weighted by Gasteiger charge is -2.30. The fourth-order valence-corrected chi connectivity index (χ4v) is 3.42. The Morgan fingerprint density at radius 3 is 2.46 bits per heavy atom. The highest BCUT2D eigenvalue weighted by molar-refractivity contribution is 6.28. The molecule has 2 aliphatic rings. The van der Waals surface area contributed by atoms with E-state index >= 15 is 0 Å². The van der Waals surface area contributed by atoms with Crippen LogP contribution in [-0.4, -0.2) is 59.3 Å². The lowest BCUT2D eigenvalue weighted by atomic mass is 10.1. The van der Waals surface area contributed by atoms with E-state index in [2.05, 4.69) is 29.7 Å². The van der Waals surface area contributed by atoms with E-state index in [4.69, 9.17) is 16.3 Å². The maximum Gasteiger partial charge on any atom is 0.225 e. The minimum Gasteiger partial charge on any atom is -0.378 e. The number of anilines is 2. The number of hydrogen-bond acceptors (Lipinski definition) is 7. The second kappa shape index (κ2) is 6.86. The zero-order valence-corrected chi connectivity index (χ0v) is 14.1. The lowest BCUT2D eigenvalue weighted by molar-refractivity contribution is 0.122. The molecule has 4 heterocycles. The van der Waals surface area contributed by atoms with Gasteiger partial charge in [0.15, 0.2) is 0 Å². The minimum atomic E-state index is 0.319. The second-order valence-corrected chi connectivity index (χ2v) is 6.21. The maximum absolute atomic E-state index is 6.19. The van der Waals surface area contributed by atoms with Crippen molar-refractivity contribution in [2.24, 2.45) is 0 Å². The van der Waals surface area contributed by atoms with Crippen LogP contribution in [0.3, 0.4) is 0 Å². The molecular formula is C16H19ClN6O. The van der Waals surface area contributed by atoms with Gasteiger partial charge in [-0.2, -0.15) is 0 Å². The van der Waals surface area contributed by atoms with Gasteiger partial charge >= 0.3 is 0 Å². The zero-order chi connectivity index (χ0) is 16.4. The predicted octanol–water partition coefficient (Wildman–Crippen LogP) is 1.36. The summed E-state index contributed by atoms with van der Waals surface area (Å²) in [6.45, 7) is 4.80. The van der Waals surface area contributed by atoms with Gasteiger partial charge in [-0.1, -0.05) is 0 Å². The van der Waals surface area contributed by atoms with Crippen molar-refractivity contribution in [3.8, 4) is 0 Å². The molecule has 1 saturated heterocycles. The number of nitrogens with zero attached hydrogens (tertiary/aromatic N) is 6. The van der Waals surface area contributed by atoms with Gasteiger partial charge in [-0.3, -0.25) is 0 Å². The summed E-state index contributed by atoms with van der Waals surface area (Å²) in [5.41, 5.74) is 2.23. The van der Waals surface area contributed by atoms with Crippen LogP contribution in [0.25, 0.3) is 0 Å². The van der Waals surface area contributed by atoms with E-state index in [1.807, 2.05) is 6.07 Å². The normalized spacial score (nSPS) is 18.2. The van der Waals surface area contributed by atoms with Crippen LogP contribution in [0.5, 0.6) is 0 Å². The molecule has 0 unspecified atom stereocenters. The first-order valence-electron chi connectivity index (χ1n) is 8.21. The standard InChI is InChI=1S/C16H19ClN6O/c17-15-20-13-3-7-23(16-18-4-1-5-19-16)6-2-12(13)14(21-15)22-8-10-24-11-9-22/h1,4-5H,2-3,6-11H2. The van der Waals surface area contributed by atoms with E-state index < -0.39 is 0 Å². The highest BCUT2D eigenvalue weighted by atomic mass is 35.5. The first-order valence-corrected chi connectivity index (χ1v) is 8.59. The van der Waals surface area contributed by atoms with Crippen molar-refractivity contribution in [2.45, 2.75) is 12.8 Å². The van der Waals surface area contributed by atoms with Crippen molar-refractivity contribution in [1.29, 1.82) is 0 Å². The third-order valence-corrected chi connectivity index (χ3v) is 4.61. The van der Waals surface area contributed by atoms with Crippen LogP contribution >= 0.6 is 11.6 Å². The van der Waals surface area contributed by atoms with Gasteiger partial charge in [-0.05, 0) is 24.1 Å². The number of rotatable bonds is 2. The highest BCUT2D eigenvalue weighted by Crippen LogP contribution is 2.27. The van der Waals surface area contributed by atoms with Crippen LogP contribution in [0.1, 0.15) is 11.3 Å². The smallest absolute Gasteiger partial charge is 0.225 e. The Balaban J connectivity index is 1.63. The molecule has 1 fully saturated rings. The molecule has 4 rings (SSSR count). The van der Waals surface area contributed by atoms with Crippen LogP contribution < -0.4 is 9.80 Å². The predicted molar refractivity (Wildman–Crippen MR) is 91.7 cm³/mol. The number of fused-ring (bicyclic) bond motifs is 1. The topological polar surface area (TPSA) is 67.3 Å². The first-order chi connectivity index (χ1) is 11.8. The summed E-state index contributed by atoms with van der Waals surface area (Å²) >= 11 is 6.19. The number of hydrogen-bond donors (Lipinski definition) is 0. The minimum absolute atomic E-state index is 0.319. The lowest BCUT2D eigenvalue weighted by Crippen LogP contribution is -2.37. The molecule has 2 aromatic heterocycles. The van der Waals surface area contributed by atoms with Gasteiger partial charge in [0.2, 0.25) is 11.2 Å². The summed E-state index contributed by atoms with van der Waals surface area (Å²) in [6.07, 6.45) is 5.22. The average molecular weight is 347 g/mol. The molecule has 126 valence electrons. The molecule has 2 aliphatic heterocycles. The summed E-state index contributed by atoms with van der Waals surface area (Å²) in [5, 5.41) is 0.319. The Kier molecular flexibility index (Phi) is 4.44. The van der Waals surface area contributed by atoms with Gasteiger partial charge in [-0.15, -0.1) is 0 Å². The quantitative estimate of drug-likeness (QED) is 0.760. The summed E-state index contributed by atoms with van der Waals surface area (Å²) < 4.78 is 5.45. The molecule has 0 atom stereocenters. The highest BCUT2D eigenvalue weighted by Gasteiger charge is 2.24. The van der Waals surface area contributed by atoms with Crippen molar-refractivity contribution in [3.05, 3.63) is 35.0 Å². The average Bonchev–Trinajstić information content (AvgIpc) is 2.85. The number of ether oxygens (including phenoxy) is 1. The second-order valence-electron chi connectivity index (χ2n) is 5.88. The molecule has 0 spiro atoms. The van der Waals surface area contributed by atoms with Gasteiger partial charge in [0.1, 0.15) is 5.82 Å². The van der Waals surface area contributed by atoms with Crippen molar-refractivity contribution in [3.63, 3.8) is 0 Å². The van der Waals surface area contributed by atoms with Crippen LogP contribution in [0, 0.1) is 0 Å². The molecule has 0 saturated carbocycles. The van der Waals surface area contributed by atoms with Crippen LogP contribution in [0.4, 0.5) is 11.8 Å². The number of aromatic nitrogens is 4. The summed E-state index contributed by atoms with van der Waals surface area (Å²) in [5.74, 6) is 1.72. The van der Waals surface area contributed by atoms with E-state index in [0.29, 0.717) is 5.28 Å². The molecule has 0 radical (unpaired) electrons. The Morgan fingerprint density at radius 2 is 1.67 bits per heavy atom. The van der Waals surface area contributed by atoms with Crippen molar-refractivity contribution >= 4 is 23.4 Å². The first kappa shape index (κ1) is 15.5.